The molecule has 4 heteroatoms. The third kappa shape index (κ3) is 2.53. The standard InChI is InChI=1S/C9H13BrO3/c1-2-13-9(12)8(11)7(10)6-4-3-5-6/h6-7H,2-5H2,1H3. The SMILES string of the molecule is CCOC(=O)C(=O)C(Br)C1CCC1. The highest BCUT2D eigenvalue weighted by Crippen LogP contribution is 2.33. The first kappa shape index (κ1) is 10.7. The van der Waals surface area contributed by atoms with Gasteiger partial charge in [-0.1, -0.05) is 22.4 Å². The second-order valence-electron chi connectivity index (χ2n) is 3.18. The zero-order valence-corrected chi connectivity index (χ0v) is 9.17. The highest BCUT2D eigenvalue weighted by molar-refractivity contribution is 9.10. The summed E-state index contributed by atoms with van der Waals surface area (Å²) in [4.78, 5) is 22.0. The maximum Gasteiger partial charge on any atom is 0.375 e. The Hall–Kier alpha value is -0.380. The van der Waals surface area contributed by atoms with Gasteiger partial charge >= 0.3 is 5.97 Å². The van der Waals surface area contributed by atoms with Crippen LogP contribution in [0.15, 0.2) is 0 Å². The lowest BCUT2D eigenvalue weighted by molar-refractivity contribution is -0.153. The Bertz CT molecular complexity index is 211. The van der Waals surface area contributed by atoms with Crippen LogP contribution >= 0.6 is 15.9 Å². The van der Waals surface area contributed by atoms with Crippen molar-refractivity contribution < 1.29 is 14.3 Å². The minimum Gasteiger partial charge on any atom is -0.460 e. The molecule has 0 aromatic heterocycles. The van der Waals surface area contributed by atoms with Crippen molar-refractivity contribution in [3.63, 3.8) is 0 Å². The van der Waals surface area contributed by atoms with E-state index in [0.29, 0.717) is 5.92 Å². The predicted octanol–water partition coefficient (Wildman–Crippen LogP) is 1.68. The van der Waals surface area contributed by atoms with E-state index in [1.54, 1.807) is 6.92 Å². The van der Waals surface area contributed by atoms with Gasteiger partial charge in [0, 0.05) is 0 Å². The van der Waals surface area contributed by atoms with Gasteiger partial charge in [0.1, 0.15) is 0 Å². The number of ether oxygens (including phenoxy) is 1. The Morgan fingerprint density at radius 3 is 2.54 bits per heavy atom. The fraction of sp³-hybridized carbons (Fsp3) is 0.778. The number of halogens is 1. The lowest BCUT2D eigenvalue weighted by atomic mass is 9.82. The quantitative estimate of drug-likeness (QED) is 0.432. The molecule has 1 atom stereocenters. The van der Waals surface area contributed by atoms with Gasteiger partial charge in [-0.2, -0.15) is 0 Å². The summed E-state index contributed by atoms with van der Waals surface area (Å²) in [6.07, 6.45) is 3.21. The van der Waals surface area contributed by atoms with E-state index in [1.807, 2.05) is 0 Å². The molecule has 1 fully saturated rings. The Labute approximate surface area is 86.0 Å². The van der Waals surface area contributed by atoms with E-state index in [0.717, 1.165) is 19.3 Å². The van der Waals surface area contributed by atoms with Crippen molar-refractivity contribution in [1.82, 2.24) is 0 Å². The topological polar surface area (TPSA) is 43.4 Å². The summed E-state index contributed by atoms with van der Waals surface area (Å²) in [5.41, 5.74) is 0. The van der Waals surface area contributed by atoms with Crippen molar-refractivity contribution >= 4 is 27.7 Å². The van der Waals surface area contributed by atoms with Crippen molar-refractivity contribution in [2.24, 2.45) is 5.92 Å². The van der Waals surface area contributed by atoms with E-state index >= 15 is 0 Å². The zero-order valence-electron chi connectivity index (χ0n) is 7.59. The number of carbonyl (C=O) groups excluding carboxylic acids is 2. The normalized spacial score (nSPS) is 18.9. The molecular formula is C9H13BrO3. The molecule has 0 aromatic carbocycles. The van der Waals surface area contributed by atoms with Gasteiger partial charge in [-0.3, -0.25) is 4.79 Å². The van der Waals surface area contributed by atoms with Gasteiger partial charge in [0.2, 0.25) is 0 Å². The van der Waals surface area contributed by atoms with Crippen molar-refractivity contribution in [2.45, 2.75) is 31.0 Å². The van der Waals surface area contributed by atoms with Crippen LogP contribution in [0.5, 0.6) is 0 Å². The summed E-state index contributed by atoms with van der Waals surface area (Å²) in [6.45, 7) is 1.95. The summed E-state index contributed by atoms with van der Waals surface area (Å²) < 4.78 is 4.63. The number of hydrogen-bond donors (Lipinski definition) is 0. The molecule has 0 saturated heterocycles. The lowest BCUT2D eigenvalue weighted by Crippen LogP contribution is -2.34. The summed E-state index contributed by atoms with van der Waals surface area (Å²) in [6, 6.07) is 0. The van der Waals surface area contributed by atoms with E-state index in [2.05, 4.69) is 20.7 Å². The lowest BCUT2D eigenvalue weighted by Gasteiger charge is -2.28. The molecule has 1 aliphatic rings. The smallest absolute Gasteiger partial charge is 0.375 e. The molecule has 1 rings (SSSR count). The number of esters is 1. The number of ketones is 1. The predicted molar refractivity (Wildman–Crippen MR) is 51.7 cm³/mol. The third-order valence-corrected chi connectivity index (χ3v) is 3.45. The molecule has 0 aromatic rings. The molecule has 0 aliphatic heterocycles. The third-order valence-electron chi connectivity index (χ3n) is 2.29. The van der Waals surface area contributed by atoms with Crippen LogP contribution in [0.2, 0.25) is 0 Å². The largest absolute Gasteiger partial charge is 0.460 e. The van der Waals surface area contributed by atoms with Crippen molar-refractivity contribution in [3.05, 3.63) is 0 Å². The molecule has 0 bridgehead atoms. The van der Waals surface area contributed by atoms with Gasteiger partial charge in [0.05, 0.1) is 11.4 Å². The van der Waals surface area contributed by atoms with E-state index in [9.17, 15) is 9.59 Å². The van der Waals surface area contributed by atoms with Crippen molar-refractivity contribution in [3.8, 4) is 0 Å². The number of hydrogen-bond acceptors (Lipinski definition) is 3. The first-order valence-electron chi connectivity index (χ1n) is 4.51. The molecule has 0 heterocycles. The zero-order chi connectivity index (χ0) is 9.84. The molecule has 1 saturated carbocycles. The highest BCUT2D eigenvalue weighted by Gasteiger charge is 2.34. The fourth-order valence-corrected chi connectivity index (χ4v) is 1.98. The molecule has 1 unspecified atom stereocenters. The molecule has 74 valence electrons. The molecule has 13 heavy (non-hydrogen) atoms. The van der Waals surface area contributed by atoms with Crippen molar-refractivity contribution in [1.29, 1.82) is 0 Å². The van der Waals surface area contributed by atoms with E-state index in [1.165, 1.54) is 0 Å². The number of alkyl halides is 1. The van der Waals surface area contributed by atoms with Crippen LogP contribution in [-0.4, -0.2) is 23.2 Å². The van der Waals surface area contributed by atoms with Crippen LogP contribution in [0.25, 0.3) is 0 Å². The summed E-state index contributed by atoms with van der Waals surface area (Å²) >= 11 is 3.24. The van der Waals surface area contributed by atoms with Gasteiger partial charge in [0.15, 0.2) is 0 Å². The molecule has 0 N–H and O–H groups in total. The Morgan fingerprint density at radius 2 is 2.15 bits per heavy atom. The summed E-state index contributed by atoms with van der Waals surface area (Å²) in [5.74, 6) is -0.820. The number of Topliss-reactive ketones (excluding diaryl/α,β-unsaturated/α-hetero) is 1. The Kier molecular flexibility index (Phi) is 3.90. The van der Waals surface area contributed by atoms with Gasteiger partial charge in [-0.25, -0.2) is 4.79 Å². The van der Waals surface area contributed by atoms with Gasteiger partial charge in [-0.05, 0) is 25.7 Å². The van der Waals surface area contributed by atoms with Crippen LogP contribution in [-0.2, 0) is 14.3 Å². The van der Waals surface area contributed by atoms with Crippen LogP contribution in [0, 0.1) is 5.92 Å². The molecule has 0 spiro atoms. The minimum absolute atomic E-state index is 0.259. The van der Waals surface area contributed by atoms with E-state index in [4.69, 9.17) is 0 Å². The molecule has 0 radical (unpaired) electrons. The molecule has 3 nitrogen and oxygen atoms in total. The average molecular weight is 249 g/mol. The first-order chi connectivity index (χ1) is 6.16. The number of carbonyl (C=O) groups is 2. The fourth-order valence-electron chi connectivity index (χ4n) is 1.26. The van der Waals surface area contributed by atoms with Crippen LogP contribution in [0.3, 0.4) is 0 Å². The van der Waals surface area contributed by atoms with E-state index in [-0.39, 0.29) is 11.4 Å². The second-order valence-corrected chi connectivity index (χ2v) is 4.16. The molecule has 1 aliphatic carbocycles. The maximum absolute atomic E-state index is 11.3. The van der Waals surface area contributed by atoms with Crippen LogP contribution in [0.4, 0.5) is 0 Å². The highest BCUT2D eigenvalue weighted by atomic mass is 79.9. The van der Waals surface area contributed by atoms with Gasteiger partial charge in [-0.15, -0.1) is 0 Å². The summed E-state index contributed by atoms with van der Waals surface area (Å²) in [7, 11) is 0. The minimum atomic E-state index is -0.712. The molecular weight excluding hydrogens is 236 g/mol. The van der Waals surface area contributed by atoms with E-state index < -0.39 is 11.8 Å². The Balaban J connectivity index is 2.40. The van der Waals surface area contributed by atoms with Gasteiger partial charge < -0.3 is 4.74 Å². The van der Waals surface area contributed by atoms with Crippen LogP contribution in [0.1, 0.15) is 26.2 Å². The summed E-state index contributed by atoms with van der Waals surface area (Å²) in [5, 5.41) is 0. The van der Waals surface area contributed by atoms with Crippen molar-refractivity contribution in [2.75, 3.05) is 6.61 Å². The average Bonchev–Trinajstić information content (AvgIpc) is 2.00. The Morgan fingerprint density at radius 1 is 1.54 bits per heavy atom. The first-order valence-corrected chi connectivity index (χ1v) is 5.43. The van der Waals surface area contributed by atoms with Crippen LogP contribution < -0.4 is 0 Å². The molecule has 0 amide bonds. The monoisotopic (exact) mass is 248 g/mol. The van der Waals surface area contributed by atoms with Gasteiger partial charge in [0.25, 0.3) is 5.78 Å². The second kappa shape index (κ2) is 4.74. The number of rotatable bonds is 4. The maximum atomic E-state index is 11.3.